The lowest BCUT2D eigenvalue weighted by molar-refractivity contribution is -0.170. The summed E-state index contributed by atoms with van der Waals surface area (Å²) in [6.07, 6.45) is 2.36. The summed E-state index contributed by atoms with van der Waals surface area (Å²) < 4.78 is 14.7. The van der Waals surface area contributed by atoms with Crippen molar-refractivity contribution in [3.8, 4) is 0 Å². The molecular weight excluding hydrogens is 236 g/mol. The number of hydrogen-bond donors (Lipinski definition) is 0. The second kappa shape index (κ2) is 6.00. The Hall–Kier alpha value is -1.36. The lowest BCUT2D eigenvalue weighted by Gasteiger charge is -2.26. The zero-order valence-corrected chi connectivity index (χ0v) is 11.3. The maximum atomic E-state index is 12.0. The van der Waals surface area contributed by atoms with Gasteiger partial charge < -0.3 is 14.2 Å². The lowest BCUT2D eigenvalue weighted by atomic mass is 9.79. The van der Waals surface area contributed by atoms with Gasteiger partial charge in [-0.05, 0) is 20.3 Å². The van der Waals surface area contributed by atoms with E-state index in [1.807, 2.05) is 19.9 Å². The van der Waals surface area contributed by atoms with E-state index in [1.165, 1.54) is 14.2 Å². The Balaban J connectivity index is 3.01. The average Bonchev–Trinajstić information content (AvgIpc) is 3.16. The Morgan fingerprint density at radius 3 is 2.11 bits per heavy atom. The summed E-state index contributed by atoms with van der Waals surface area (Å²) in [7, 11) is 2.55. The second-order valence-electron chi connectivity index (χ2n) is 4.71. The molecule has 1 aliphatic heterocycles. The Morgan fingerprint density at radius 1 is 1.28 bits per heavy atom. The van der Waals surface area contributed by atoms with Crippen molar-refractivity contribution in [1.82, 2.24) is 0 Å². The molecule has 1 saturated heterocycles. The van der Waals surface area contributed by atoms with Crippen LogP contribution in [-0.4, -0.2) is 38.9 Å². The Kier molecular flexibility index (Phi) is 4.90. The molecule has 0 amide bonds. The van der Waals surface area contributed by atoms with E-state index >= 15 is 0 Å². The predicted molar refractivity (Wildman–Crippen MR) is 64.9 cm³/mol. The molecule has 0 aliphatic carbocycles. The minimum absolute atomic E-state index is 0.0613. The summed E-state index contributed by atoms with van der Waals surface area (Å²) in [5.41, 5.74) is -0.258. The molecular formula is C13H20O5. The van der Waals surface area contributed by atoms with Gasteiger partial charge in [-0.25, -0.2) is 0 Å². The van der Waals surface area contributed by atoms with E-state index < -0.39 is 17.4 Å². The van der Waals surface area contributed by atoms with Gasteiger partial charge in [-0.15, -0.1) is 0 Å². The molecule has 5 nitrogen and oxygen atoms in total. The van der Waals surface area contributed by atoms with E-state index in [0.717, 1.165) is 5.57 Å². The van der Waals surface area contributed by atoms with Crippen LogP contribution in [0.25, 0.3) is 0 Å². The molecule has 0 aromatic carbocycles. The summed E-state index contributed by atoms with van der Waals surface area (Å²) in [6.45, 7) is 4.39. The molecule has 0 radical (unpaired) electrons. The monoisotopic (exact) mass is 256 g/mol. The van der Waals surface area contributed by atoms with Crippen LogP contribution in [-0.2, 0) is 23.8 Å². The van der Waals surface area contributed by atoms with Gasteiger partial charge in [0.25, 0.3) is 0 Å². The van der Waals surface area contributed by atoms with Crippen molar-refractivity contribution in [2.45, 2.75) is 32.8 Å². The van der Waals surface area contributed by atoms with Crippen LogP contribution in [0.1, 0.15) is 26.7 Å². The van der Waals surface area contributed by atoms with Crippen LogP contribution >= 0.6 is 0 Å². The fraction of sp³-hybridized carbons (Fsp3) is 0.692. The van der Waals surface area contributed by atoms with E-state index in [-0.39, 0.29) is 12.5 Å². The first-order chi connectivity index (χ1) is 8.46. The summed E-state index contributed by atoms with van der Waals surface area (Å²) in [5.74, 6) is -1.13. The van der Waals surface area contributed by atoms with E-state index in [1.54, 1.807) is 0 Å². The summed E-state index contributed by atoms with van der Waals surface area (Å²) >= 11 is 0. The first-order valence-corrected chi connectivity index (χ1v) is 5.88. The van der Waals surface area contributed by atoms with Gasteiger partial charge in [0.1, 0.15) is 0 Å². The van der Waals surface area contributed by atoms with Crippen LogP contribution in [0, 0.1) is 5.41 Å². The van der Waals surface area contributed by atoms with Gasteiger partial charge in [-0.2, -0.15) is 0 Å². The third-order valence-corrected chi connectivity index (χ3v) is 2.99. The van der Waals surface area contributed by atoms with Gasteiger partial charge in [0.15, 0.2) is 5.41 Å². The highest BCUT2D eigenvalue weighted by Gasteiger charge is 2.51. The summed E-state index contributed by atoms with van der Waals surface area (Å²) in [5, 5.41) is 0. The number of carbonyl (C=O) groups excluding carboxylic acids is 2. The quantitative estimate of drug-likeness (QED) is 0.311. The van der Waals surface area contributed by atoms with Crippen molar-refractivity contribution in [3.05, 3.63) is 11.6 Å². The van der Waals surface area contributed by atoms with Gasteiger partial charge in [-0.3, -0.25) is 9.59 Å². The molecule has 1 unspecified atom stereocenters. The largest absolute Gasteiger partial charge is 0.468 e. The number of rotatable bonds is 6. The second-order valence-corrected chi connectivity index (χ2v) is 4.71. The highest BCUT2D eigenvalue weighted by atomic mass is 16.6. The minimum Gasteiger partial charge on any atom is -0.468 e. The number of allylic oxidation sites excluding steroid dienone is 2. The maximum Gasteiger partial charge on any atom is 0.323 e. The van der Waals surface area contributed by atoms with Crippen LogP contribution in [0.4, 0.5) is 0 Å². The van der Waals surface area contributed by atoms with Gasteiger partial charge in [0, 0.05) is 6.42 Å². The van der Waals surface area contributed by atoms with Crippen LogP contribution in [0.3, 0.4) is 0 Å². The smallest absolute Gasteiger partial charge is 0.323 e. The predicted octanol–water partition coefficient (Wildman–Crippen LogP) is 1.46. The molecule has 5 heteroatoms. The zero-order valence-electron chi connectivity index (χ0n) is 11.3. The lowest BCUT2D eigenvalue weighted by Crippen LogP contribution is -2.42. The summed E-state index contributed by atoms with van der Waals surface area (Å²) in [6, 6.07) is 0. The Labute approximate surface area is 107 Å². The first-order valence-electron chi connectivity index (χ1n) is 5.88. The number of methoxy groups -OCH3 is 2. The van der Waals surface area contributed by atoms with E-state index in [0.29, 0.717) is 13.0 Å². The maximum absolute atomic E-state index is 12.0. The number of esters is 2. The van der Waals surface area contributed by atoms with E-state index in [9.17, 15) is 9.59 Å². The van der Waals surface area contributed by atoms with Crippen LogP contribution in [0.15, 0.2) is 11.6 Å². The number of carbonyl (C=O) groups is 2. The fourth-order valence-electron chi connectivity index (χ4n) is 1.84. The standard InChI is InChI=1S/C13H20O5/c1-9(2)5-6-13(11(14)16-3,12(15)17-4)7-10-8-18-10/h5,10H,6-8H2,1-4H3. The molecule has 0 N–H and O–H groups in total. The van der Waals surface area contributed by atoms with Crippen molar-refractivity contribution in [2.75, 3.05) is 20.8 Å². The van der Waals surface area contributed by atoms with Crippen molar-refractivity contribution < 1.29 is 23.8 Å². The molecule has 1 aliphatic rings. The molecule has 102 valence electrons. The van der Waals surface area contributed by atoms with Gasteiger partial charge >= 0.3 is 11.9 Å². The molecule has 0 spiro atoms. The van der Waals surface area contributed by atoms with E-state index in [4.69, 9.17) is 14.2 Å². The molecule has 18 heavy (non-hydrogen) atoms. The normalized spacial score (nSPS) is 17.9. The molecule has 1 atom stereocenters. The Morgan fingerprint density at radius 2 is 1.78 bits per heavy atom. The highest BCUT2D eigenvalue weighted by Crippen LogP contribution is 2.36. The van der Waals surface area contributed by atoms with Crippen molar-refractivity contribution in [2.24, 2.45) is 5.41 Å². The highest BCUT2D eigenvalue weighted by molar-refractivity contribution is 6.00. The third-order valence-electron chi connectivity index (χ3n) is 2.99. The van der Waals surface area contributed by atoms with Crippen molar-refractivity contribution in [3.63, 3.8) is 0 Å². The fourth-order valence-corrected chi connectivity index (χ4v) is 1.84. The SMILES string of the molecule is COC(=O)C(CC=C(C)C)(CC1CO1)C(=O)OC. The van der Waals surface area contributed by atoms with Crippen LogP contribution < -0.4 is 0 Å². The van der Waals surface area contributed by atoms with Crippen LogP contribution in [0.5, 0.6) is 0 Å². The average molecular weight is 256 g/mol. The van der Waals surface area contributed by atoms with Gasteiger partial charge in [-0.1, -0.05) is 11.6 Å². The van der Waals surface area contributed by atoms with Gasteiger partial charge in [0.2, 0.25) is 0 Å². The molecule has 1 rings (SSSR count). The first kappa shape index (κ1) is 14.7. The van der Waals surface area contributed by atoms with Crippen molar-refractivity contribution in [1.29, 1.82) is 0 Å². The number of hydrogen-bond acceptors (Lipinski definition) is 5. The molecule has 0 aromatic heterocycles. The molecule has 1 fully saturated rings. The molecule has 0 bridgehead atoms. The Bertz CT molecular complexity index is 334. The molecule has 0 saturated carbocycles. The van der Waals surface area contributed by atoms with Crippen molar-refractivity contribution >= 4 is 11.9 Å². The van der Waals surface area contributed by atoms with Gasteiger partial charge in [0.05, 0.1) is 26.9 Å². The molecule has 0 aromatic rings. The molecule has 1 heterocycles. The third kappa shape index (κ3) is 3.32. The summed E-state index contributed by atoms with van der Waals surface area (Å²) in [4.78, 5) is 24.0. The van der Waals surface area contributed by atoms with Crippen LogP contribution in [0.2, 0.25) is 0 Å². The number of ether oxygens (including phenoxy) is 3. The topological polar surface area (TPSA) is 65.1 Å². The number of epoxide rings is 1. The minimum atomic E-state index is -1.29. The zero-order chi connectivity index (χ0) is 13.8. The van der Waals surface area contributed by atoms with E-state index in [2.05, 4.69) is 0 Å².